The van der Waals surface area contributed by atoms with E-state index in [1.807, 2.05) is 63.4 Å². The molecule has 136 valence electrons. The van der Waals surface area contributed by atoms with Crippen LogP contribution in [0.3, 0.4) is 0 Å². The molecule has 0 radical (unpaired) electrons. The van der Waals surface area contributed by atoms with Gasteiger partial charge in [-0.1, -0.05) is 30.3 Å². The molecule has 2 heterocycles. The summed E-state index contributed by atoms with van der Waals surface area (Å²) in [4.78, 5) is 25.4. The number of aromatic carboxylic acids is 1. The van der Waals surface area contributed by atoms with E-state index in [-0.39, 0.29) is 17.1 Å². The monoisotopic (exact) mass is 362 g/mol. The minimum Gasteiger partial charge on any atom is -0.476 e. The molecule has 0 aliphatic carbocycles. The number of nitrogens with zero attached hydrogens (tertiary/aromatic N) is 3. The van der Waals surface area contributed by atoms with Crippen molar-refractivity contribution in [1.82, 2.24) is 20.3 Å². The molecule has 0 atom stereocenters. The van der Waals surface area contributed by atoms with Crippen molar-refractivity contribution in [3.63, 3.8) is 0 Å². The molecule has 7 nitrogen and oxygen atoms in total. The molecule has 0 spiro atoms. The highest BCUT2D eigenvalue weighted by Gasteiger charge is 2.40. The molecular weight excluding hydrogens is 344 g/mol. The minimum atomic E-state index is -1.13. The topological polar surface area (TPSA) is 99.2 Å². The first-order chi connectivity index (χ1) is 12.8. The Hall–Kier alpha value is -3.48. The molecule has 1 amide bonds. The number of aromatic amines is 1. The molecule has 1 aliphatic heterocycles. The predicted octanol–water partition coefficient (Wildman–Crippen LogP) is 3.16. The van der Waals surface area contributed by atoms with Crippen LogP contribution in [0.4, 0.5) is 0 Å². The lowest BCUT2D eigenvalue weighted by atomic mass is 9.90. The number of carboxylic acids is 1. The van der Waals surface area contributed by atoms with Crippen molar-refractivity contribution in [2.45, 2.75) is 19.4 Å². The molecule has 2 aromatic carbocycles. The molecule has 4 rings (SSSR count). The third-order valence-electron chi connectivity index (χ3n) is 5.29. The molecule has 0 unspecified atom stereocenters. The van der Waals surface area contributed by atoms with Gasteiger partial charge in [-0.25, -0.2) is 4.79 Å². The molecule has 27 heavy (non-hydrogen) atoms. The van der Waals surface area contributed by atoms with Gasteiger partial charge in [0.1, 0.15) is 5.69 Å². The zero-order valence-corrected chi connectivity index (χ0v) is 15.1. The van der Waals surface area contributed by atoms with Crippen molar-refractivity contribution < 1.29 is 14.7 Å². The van der Waals surface area contributed by atoms with E-state index >= 15 is 0 Å². The second kappa shape index (κ2) is 5.77. The van der Waals surface area contributed by atoms with Crippen molar-refractivity contribution in [2.75, 3.05) is 7.05 Å². The first-order valence-corrected chi connectivity index (χ1v) is 8.48. The first kappa shape index (κ1) is 17.0. The molecule has 0 saturated heterocycles. The van der Waals surface area contributed by atoms with Crippen LogP contribution in [-0.2, 0) is 5.54 Å². The van der Waals surface area contributed by atoms with Gasteiger partial charge in [-0.2, -0.15) is 10.3 Å². The van der Waals surface area contributed by atoms with Crippen LogP contribution in [0.5, 0.6) is 0 Å². The van der Waals surface area contributed by atoms with Crippen LogP contribution in [0.25, 0.3) is 22.4 Å². The van der Waals surface area contributed by atoms with E-state index in [2.05, 4.69) is 15.4 Å². The van der Waals surface area contributed by atoms with Gasteiger partial charge >= 0.3 is 5.97 Å². The molecular formula is C20H18N4O3. The number of carbonyl (C=O) groups excluding carboxylic acids is 1. The van der Waals surface area contributed by atoms with Crippen LogP contribution in [-0.4, -0.2) is 44.3 Å². The molecule has 2 N–H and O–H groups in total. The number of hydrogen-bond acceptors (Lipinski definition) is 4. The van der Waals surface area contributed by atoms with Crippen LogP contribution in [0.1, 0.15) is 40.3 Å². The highest BCUT2D eigenvalue weighted by atomic mass is 16.4. The summed E-state index contributed by atoms with van der Waals surface area (Å²) in [5, 5.41) is 19.1. The Morgan fingerprint density at radius 3 is 2.33 bits per heavy atom. The van der Waals surface area contributed by atoms with Gasteiger partial charge in [0, 0.05) is 18.2 Å². The van der Waals surface area contributed by atoms with Crippen molar-refractivity contribution in [1.29, 1.82) is 0 Å². The van der Waals surface area contributed by atoms with E-state index in [1.165, 1.54) is 0 Å². The molecule has 1 aromatic heterocycles. The Labute approximate surface area is 155 Å². The molecule has 3 aromatic rings. The van der Waals surface area contributed by atoms with Crippen LogP contribution < -0.4 is 0 Å². The second-order valence-corrected chi connectivity index (χ2v) is 7.09. The minimum absolute atomic E-state index is 0.0316. The molecule has 1 aliphatic rings. The van der Waals surface area contributed by atoms with Gasteiger partial charge in [0.05, 0.1) is 5.54 Å². The van der Waals surface area contributed by atoms with Crippen LogP contribution in [0.2, 0.25) is 0 Å². The summed E-state index contributed by atoms with van der Waals surface area (Å²) in [5.74, 6) is -1.10. The van der Waals surface area contributed by atoms with Crippen molar-refractivity contribution in [3.8, 4) is 22.4 Å². The highest BCUT2D eigenvalue weighted by Crippen LogP contribution is 2.39. The third kappa shape index (κ3) is 2.51. The van der Waals surface area contributed by atoms with Crippen molar-refractivity contribution in [2.24, 2.45) is 0 Å². The van der Waals surface area contributed by atoms with Crippen LogP contribution >= 0.6 is 0 Å². The fourth-order valence-corrected chi connectivity index (χ4v) is 3.43. The molecule has 0 bridgehead atoms. The Morgan fingerprint density at radius 1 is 1.04 bits per heavy atom. The van der Waals surface area contributed by atoms with Gasteiger partial charge in [-0.05, 0) is 42.7 Å². The summed E-state index contributed by atoms with van der Waals surface area (Å²) in [7, 11) is 1.81. The molecule has 7 heteroatoms. The maximum absolute atomic E-state index is 12.4. The summed E-state index contributed by atoms with van der Waals surface area (Å²) >= 11 is 0. The lowest BCUT2D eigenvalue weighted by Crippen LogP contribution is -2.35. The fourth-order valence-electron chi connectivity index (χ4n) is 3.43. The quantitative estimate of drug-likeness (QED) is 0.746. The summed E-state index contributed by atoms with van der Waals surface area (Å²) < 4.78 is 0. The molecule has 0 saturated carbocycles. The smallest absolute Gasteiger partial charge is 0.358 e. The number of fused-ring (bicyclic) bond motifs is 1. The van der Waals surface area contributed by atoms with Crippen LogP contribution in [0.15, 0.2) is 42.5 Å². The van der Waals surface area contributed by atoms with E-state index in [0.29, 0.717) is 11.3 Å². The van der Waals surface area contributed by atoms with Crippen molar-refractivity contribution >= 4 is 11.9 Å². The Kier molecular flexibility index (Phi) is 3.62. The summed E-state index contributed by atoms with van der Waals surface area (Å²) in [6, 6.07) is 13.3. The number of aromatic nitrogens is 3. The number of benzene rings is 2. The fraction of sp³-hybridized carbons (Fsp3) is 0.200. The third-order valence-corrected chi connectivity index (χ3v) is 5.29. The van der Waals surface area contributed by atoms with E-state index in [9.17, 15) is 14.7 Å². The number of amides is 1. The summed E-state index contributed by atoms with van der Waals surface area (Å²) in [5.41, 5.74) is 4.20. The Bertz CT molecular complexity index is 1070. The van der Waals surface area contributed by atoms with E-state index in [0.717, 1.165) is 22.3 Å². The maximum atomic E-state index is 12.4. The molecule has 0 fully saturated rings. The van der Waals surface area contributed by atoms with E-state index in [1.54, 1.807) is 4.90 Å². The Balaban J connectivity index is 1.72. The van der Waals surface area contributed by atoms with Crippen LogP contribution in [0, 0.1) is 0 Å². The number of carbonyl (C=O) groups is 2. The average Bonchev–Trinajstić information content (AvgIpc) is 3.21. The lowest BCUT2D eigenvalue weighted by Gasteiger charge is -2.28. The normalized spacial score (nSPS) is 15.1. The summed E-state index contributed by atoms with van der Waals surface area (Å²) in [6.07, 6.45) is 0. The zero-order chi connectivity index (χ0) is 19.3. The summed E-state index contributed by atoms with van der Waals surface area (Å²) in [6.45, 7) is 4.06. The SMILES string of the molecule is CN1C(=O)c2ccc(-c3ccc(-c4n[nH]nc4C(=O)O)cc3)cc2C1(C)C. The standard InChI is InChI=1S/C20H18N4O3/c1-20(2)15-10-13(8-9-14(15)18(25)24(20)3)11-4-6-12(7-5-11)16-17(19(26)27)22-23-21-16/h4-10H,1-3H3,(H,26,27)(H,21,22,23). The number of carboxylic acid groups (broad SMARTS) is 1. The number of nitrogens with one attached hydrogen (secondary N) is 1. The maximum Gasteiger partial charge on any atom is 0.358 e. The Morgan fingerprint density at radius 2 is 1.67 bits per heavy atom. The first-order valence-electron chi connectivity index (χ1n) is 8.48. The average molecular weight is 362 g/mol. The van der Waals surface area contributed by atoms with Crippen molar-refractivity contribution in [3.05, 3.63) is 59.3 Å². The number of H-pyrrole nitrogens is 1. The zero-order valence-electron chi connectivity index (χ0n) is 15.1. The highest BCUT2D eigenvalue weighted by molar-refractivity contribution is 6.00. The largest absolute Gasteiger partial charge is 0.476 e. The van der Waals surface area contributed by atoms with Gasteiger partial charge in [-0.3, -0.25) is 4.79 Å². The second-order valence-electron chi connectivity index (χ2n) is 7.09. The number of hydrogen-bond donors (Lipinski definition) is 2. The van der Waals surface area contributed by atoms with Gasteiger partial charge in [0.2, 0.25) is 0 Å². The van der Waals surface area contributed by atoms with Gasteiger partial charge in [-0.15, -0.1) is 5.10 Å². The number of rotatable bonds is 3. The van der Waals surface area contributed by atoms with Gasteiger partial charge in [0.15, 0.2) is 5.69 Å². The van der Waals surface area contributed by atoms with Gasteiger partial charge < -0.3 is 10.0 Å². The lowest BCUT2D eigenvalue weighted by molar-refractivity contribution is 0.0681. The predicted molar refractivity (Wildman–Crippen MR) is 99.3 cm³/mol. The van der Waals surface area contributed by atoms with E-state index < -0.39 is 5.97 Å². The van der Waals surface area contributed by atoms with Gasteiger partial charge in [0.25, 0.3) is 5.91 Å². The van der Waals surface area contributed by atoms with E-state index in [4.69, 9.17) is 0 Å².